The number of nitrogens with one attached hydrogen (secondary N) is 2. The number of nitrogens with zero attached hydrogens (tertiary/aromatic N) is 4. The number of benzene rings is 1. The van der Waals surface area contributed by atoms with Gasteiger partial charge in [-0.15, -0.1) is 0 Å². The third kappa shape index (κ3) is 7.07. The molecule has 2 heterocycles. The Hall–Kier alpha value is -3.52. The fraction of sp³-hybridized carbons (Fsp3) is 0.476. The van der Waals surface area contributed by atoms with Crippen LogP contribution in [0.1, 0.15) is 27.0 Å². The number of carbonyl (C=O) groups excluding carboxylic acids is 1. The van der Waals surface area contributed by atoms with E-state index in [0.717, 1.165) is 0 Å². The van der Waals surface area contributed by atoms with Gasteiger partial charge in [-0.2, -0.15) is 9.48 Å². The number of hydrogen-bond donors (Lipinski definition) is 3. The molecule has 6 atom stereocenters. The lowest BCUT2D eigenvalue weighted by Gasteiger charge is -2.25. The molecule has 1 aliphatic rings. The number of halogens is 1. The van der Waals surface area contributed by atoms with Crippen LogP contribution in [0.15, 0.2) is 51.2 Å². The van der Waals surface area contributed by atoms with Crippen molar-refractivity contribution >= 4 is 13.7 Å². The SMILES string of the molecule is CC(C)OC(=O)[C@@H](C)NP(=O)(OC[C@H]1O[C@@H](n2cc(F)c(=O)[nH]c2=O)C(N=[N+]=[N-])[C@@H]1O)Oc1ccccc1. The smallest absolute Gasteiger partial charge is 0.459 e. The van der Waals surface area contributed by atoms with Gasteiger partial charge in [0, 0.05) is 4.91 Å². The van der Waals surface area contributed by atoms with Crippen LogP contribution < -0.4 is 20.9 Å². The van der Waals surface area contributed by atoms with E-state index < -0.39 is 74.0 Å². The van der Waals surface area contributed by atoms with E-state index in [9.17, 15) is 28.4 Å². The van der Waals surface area contributed by atoms with Gasteiger partial charge < -0.3 is 19.1 Å². The summed E-state index contributed by atoms with van der Waals surface area (Å²) < 4.78 is 49.7. The number of azide groups is 1. The number of aromatic amines is 1. The number of aliphatic hydroxyl groups excluding tert-OH is 1. The molecule has 38 heavy (non-hydrogen) atoms. The molecule has 15 nitrogen and oxygen atoms in total. The Morgan fingerprint density at radius 3 is 2.66 bits per heavy atom. The van der Waals surface area contributed by atoms with Gasteiger partial charge >= 0.3 is 19.4 Å². The van der Waals surface area contributed by atoms with Crippen LogP contribution in [0, 0.1) is 5.82 Å². The van der Waals surface area contributed by atoms with Gasteiger partial charge in [0.1, 0.15) is 30.2 Å². The van der Waals surface area contributed by atoms with Gasteiger partial charge in [0.15, 0.2) is 0 Å². The minimum atomic E-state index is -4.35. The maximum atomic E-state index is 13.8. The maximum absolute atomic E-state index is 13.8. The molecule has 0 bridgehead atoms. The van der Waals surface area contributed by atoms with E-state index in [1.165, 1.54) is 19.1 Å². The third-order valence-electron chi connectivity index (χ3n) is 5.16. The first-order valence-electron chi connectivity index (χ1n) is 11.3. The average molecular weight is 556 g/mol. The number of carbonyl (C=O) groups is 1. The first kappa shape index (κ1) is 29.0. The van der Waals surface area contributed by atoms with E-state index in [4.69, 9.17) is 24.1 Å². The Kier molecular flexibility index (Phi) is 9.44. The molecule has 1 fully saturated rings. The highest BCUT2D eigenvalue weighted by Gasteiger charge is 2.46. The molecule has 2 aromatic rings. The third-order valence-corrected chi connectivity index (χ3v) is 6.80. The van der Waals surface area contributed by atoms with Gasteiger partial charge in [-0.05, 0) is 38.4 Å². The molecule has 206 valence electrons. The second-order valence-corrected chi connectivity index (χ2v) is 10.1. The van der Waals surface area contributed by atoms with Gasteiger partial charge in [0.25, 0.3) is 5.56 Å². The van der Waals surface area contributed by atoms with Gasteiger partial charge in [0.2, 0.25) is 5.82 Å². The lowest BCUT2D eigenvalue weighted by molar-refractivity contribution is -0.149. The van der Waals surface area contributed by atoms with Crippen LogP contribution in [0.25, 0.3) is 10.4 Å². The molecule has 1 aliphatic heterocycles. The zero-order valence-electron chi connectivity index (χ0n) is 20.5. The Labute approximate surface area is 214 Å². The van der Waals surface area contributed by atoms with Gasteiger partial charge in [0.05, 0.1) is 25.0 Å². The molecule has 0 amide bonds. The van der Waals surface area contributed by atoms with Crippen molar-refractivity contribution in [2.24, 2.45) is 5.11 Å². The van der Waals surface area contributed by atoms with Crippen LogP contribution in [0.2, 0.25) is 0 Å². The predicted molar refractivity (Wildman–Crippen MR) is 129 cm³/mol. The number of aliphatic hydroxyl groups is 1. The summed E-state index contributed by atoms with van der Waals surface area (Å²) in [5.41, 5.74) is 6.55. The Bertz CT molecular complexity index is 1350. The molecule has 1 aromatic heterocycles. The highest BCUT2D eigenvalue weighted by Crippen LogP contribution is 2.46. The number of para-hydroxylation sites is 1. The van der Waals surface area contributed by atoms with E-state index in [0.29, 0.717) is 10.8 Å². The lowest BCUT2D eigenvalue weighted by Crippen LogP contribution is -2.38. The van der Waals surface area contributed by atoms with Crippen molar-refractivity contribution in [2.45, 2.75) is 57.4 Å². The number of esters is 1. The predicted octanol–water partition coefficient (Wildman–Crippen LogP) is 1.75. The van der Waals surface area contributed by atoms with Crippen molar-refractivity contribution < 1.29 is 37.4 Å². The van der Waals surface area contributed by atoms with Gasteiger partial charge in [-0.3, -0.25) is 23.7 Å². The normalized spacial score (nSPS) is 23.3. The molecular formula is C21H26FN6O9P. The maximum Gasteiger partial charge on any atom is 0.459 e. The monoisotopic (exact) mass is 556 g/mol. The summed E-state index contributed by atoms with van der Waals surface area (Å²) in [7, 11) is -4.35. The van der Waals surface area contributed by atoms with E-state index in [1.54, 1.807) is 37.0 Å². The Morgan fingerprint density at radius 2 is 2.03 bits per heavy atom. The summed E-state index contributed by atoms with van der Waals surface area (Å²) in [6.07, 6.45) is -4.44. The summed E-state index contributed by atoms with van der Waals surface area (Å²) in [5.74, 6) is -1.93. The quantitative estimate of drug-likeness (QED) is 0.120. The summed E-state index contributed by atoms with van der Waals surface area (Å²) in [6, 6.07) is 5.27. The molecule has 2 unspecified atom stereocenters. The van der Waals surface area contributed by atoms with Crippen LogP contribution in [0.4, 0.5) is 4.39 Å². The zero-order valence-corrected chi connectivity index (χ0v) is 21.4. The van der Waals surface area contributed by atoms with Gasteiger partial charge in [-0.25, -0.2) is 9.36 Å². The van der Waals surface area contributed by atoms with Crippen molar-refractivity contribution in [3.05, 3.63) is 73.6 Å². The van der Waals surface area contributed by atoms with Crippen LogP contribution >= 0.6 is 7.75 Å². The van der Waals surface area contributed by atoms with Crippen LogP contribution in [-0.2, 0) is 23.4 Å². The molecule has 0 spiro atoms. The van der Waals surface area contributed by atoms with E-state index in [-0.39, 0.29) is 5.75 Å². The second kappa shape index (κ2) is 12.3. The van der Waals surface area contributed by atoms with E-state index >= 15 is 0 Å². The molecule has 3 rings (SSSR count). The first-order chi connectivity index (χ1) is 17.9. The summed E-state index contributed by atoms with van der Waals surface area (Å²) in [4.78, 5) is 40.2. The average Bonchev–Trinajstić information content (AvgIpc) is 3.15. The topological polar surface area (TPSA) is 207 Å². The van der Waals surface area contributed by atoms with Crippen molar-refractivity contribution in [3.8, 4) is 5.75 Å². The van der Waals surface area contributed by atoms with Crippen molar-refractivity contribution in [1.82, 2.24) is 14.6 Å². The number of aromatic nitrogens is 2. The lowest BCUT2D eigenvalue weighted by atomic mass is 10.1. The minimum Gasteiger partial charge on any atom is -0.462 e. The van der Waals surface area contributed by atoms with Gasteiger partial charge in [-0.1, -0.05) is 23.3 Å². The molecule has 1 aromatic carbocycles. The molecular weight excluding hydrogens is 530 g/mol. The van der Waals surface area contributed by atoms with Crippen molar-refractivity contribution in [3.63, 3.8) is 0 Å². The van der Waals surface area contributed by atoms with Crippen molar-refractivity contribution in [1.29, 1.82) is 0 Å². The fourth-order valence-corrected chi connectivity index (χ4v) is 4.94. The van der Waals surface area contributed by atoms with Crippen molar-refractivity contribution in [2.75, 3.05) is 6.61 Å². The Balaban J connectivity index is 1.84. The number of hydrogen-bond acceptors (Lipinski definition) is 10. The second-order valence-electron chi connectivity index (χ2n) is 8.43. The van der Waals surface area contributed by atoms with E-state index in [1.807, 2.05) is 0 Å². The van der Waals surface area contributed by atoms with Crippen LogP contribution in [-0.4, -0.2) is 57.6 Å². The molecule has 1 saturated heterocycles. The number of H-pyrrole nitrogens is 1. The molecule has 17 heteroatoms. The number of ether oxygens (including phenoxy) is 2. The number of rotatable bonds is 11. The minimum absolute atomic E-state index is 0.126. The van der Waals surface area contributed by atoms with E-state index in [2.05, 4.69) is 15.1 Å². The standard InChI is InChI=1S/C21H26FN6O9P/c1-11(2)35-20(31)12(3)26-38(33,37-13-7-5-4-6-8-13)34-10-15-17(29)16(25-27-23)19(36-15)28-9-14(22)18(30)24-21(28)32/h4-9,11-12,15-17,19,29H,10H2,1-3H3,(H,26,33)(H,24,30,32)/t12-,15-,16?,17-,19-,38?/m1/s1. The fourth-order valence-electron chi connectivity index (χ4n) is 3.44. The molecule has 0 saturated carbocycles. The highest BCUT2D eigenvalue weighted by molar-refractivity contribution is 7.52. The highest BCUT2D eigenvalue weighted by atomic mass is 31.2. The van der Waals surface area contributed by atoms with Crippen LogP contribution in [0.5, 0.6) is 5.75 Å². The molecule has 0 radical (unpaired) electrons. The largest absolute Gasteiger partial charge is 0.462 e. The Morgan fingerprint density at radius 1 is 1.34 bits per heavy atom. The first-order valence-corrected chi connectivity index (χ1v) is 12.8. The summed E-state index contributed by atoms with van der Waals surface area (Å²) in [6.45, 7) is 3.99. The molecule has 3 N–H and O–H groups in total. The molecule has 0 aliphatic carbocycles. The van der Waals surface area contributed by atoms with Crippen LogP contribution in [0.3, 0.4) is 0 Å². The summed E-state index contributed by atoms with van der Waals surface area (Å²) in [5, 5.41) is 16.6. The summed E-state index contributed by atoms with van der Waals surface area (Å²) >= 11 is 0. The zero-order chi connectivity index (χ0) is 28.0.